The van der Waals surface area contributed by atoms with E-state index in [-0.39, 0.29) is 23.8 Å². The van der Waals surface area contributed by atoms with Crippen LogP contribution in [0.3, 0.4) is 0 Å². The molecule has 1 aromatic heterocycles. The van der Waals surface area contributed by atoms with E-state index in [1.807, 2.05) is 0 Å². The SMILES string of the molecule is Cc1ccsc1C1CC1C(=O)N[C@H]1CC[C@@H](C(=O)O)C1. The maximum absolute atomic E-state index is 12.2. The topological polar surface area (TPSA) is 66.4 Å². The minimum Gasteiger partial charge on any atom is -0.481 e. The molecule has 4 nitrogen and oxygen atoms in total. The van der Waals surface area contributed by atoms with Crippen molar-refractivity contribution in [3.8, 4) is 0 Å². The Morgan fingerprint density at radius 2 is 2.15 bits per heavy atom. The summed E-state index contributed by atoms with van der Waals surface area (Å²) in [6.45, 7) is 2.09. The lowest BCUT2D eigenvalue weighted by Crippen LogP contribution is -2.34. The first kappa shape index (κ1) is 13.6. The smallest absolute Gasteiger partial charge is 0.306 e. The highest BCUT2D eigenvalue weighted by atomic mass is 32.1. The second kappa shape index (κ2) is 5.20. The molecule has 3 rings (SSSR count). The number of carbonyl (C=O) groups excluding carboxylic acids is 1. The molecule has 0 bridgehead atoms. The van der Waals surface area contributed by atoms with E-state index in [9.17, 15) is 9.59 Å². The predicted molar refractivity (Wildman–Crippen MR) is 76.8 cm³/mol. The van der Waals surface area contributed by atoms with E-state index in [4.69, 9.17) is 5.11 Å². The summed E-state index contributed by atoms with van der Waals surface area (Å²) in [5.41, 5.74) is 1.28. The lowest BCUT2D eigenvalue weighted by Gasteiger charge is -2.12. The number of thiophene rings is 1. The van der Waals surface area contributed by atoms with Crippen molar-refractivity contribution in [2.45, 2.75) is 44.6 Å². The first-order valence-electron chi connectivity index (χ1n) is 7.13. The summed E-state index contributed by atoms with van der Waals surface area (Å²) in [5.74, 6) is -0.433. The van der Waals surface area contributed by atoms with Crippen LogP contribution in [0.4, 0.5) is 0 Å². The van der Waals surface area contributed by atoms with Gasteiger partial charge in [-0.25, -0.2) is 0 Å². The Kier molecular flexibility index (Phi) is 3.54. The van der Waals surface area contributed by atoms with E-state index in [2.05, 4.69) is 23.7 Å². The lowest BCUT2D eigenvalue weighted by molar-refractivity contribution is -0.141. The molecule has 1 amide bonds. The van der Waals surface area contributed by atoms with Crippen LogP contribution in [0, 0.1) is 18.8 Å². The van der Waals surface area contributed by atoms with Crippen LogP contribution in [-0.2, 0) is 9.59 Å². The van der Waals surface area contributed by atoms with E-state index in [1.54, 1.807) is 11.3 Å². The van der Waals surface area contributed by atoms with Crippen molar-refractivity contribution in [2.24, 2.45) is 11.8 Å². The van der Waals surface area contributed by atoms with Gasteiger partial charge < -0.3 is 10.4 Å². The third kappa shape index (κ3) is 2.59. The average molecular weight is 293 g/mol. The number of aryl methyl sites for hydroxylation is 1. The van der Waals surface area contributed by atoms with E-state index >= 15 is 0 Å². The molecular formula is C15H19NO3S. The number of hydrogen-bond acceptors (Lipinski definition) is 3. The number of aliphatic carboxylic acids is 1. The summed E-state index contributed by atoms with van der Waals surface area (Å²) in [7, 11) is 0. The number of carboxylic acids is 1. The Morgan fingerprint density at radius 3 is 2.75 bits per heavy atom. The van der Waals surface area contributed by atoms with E-state index < -0.39 is 5.97 Å². The van der Waals surface area contributed by atoms with Crippen LogP contribution >= 0.6 is 11.3 Å². The zero-order chi connectivity index (χ0) is 14.3. The molecule has 0 saturated heterocycles. The molecule has 0 spiro atoms. The molecule has 2 aliphatic carbocycles. The van der Waals surface area contributed by atoms with Crippen LogP contribution in [0.5, 0.6) is 0 Å². The second-order valence-corrected chi connectivity index (χ2v) is 6.92. The molecule has 1 aromatic rings. The van der Waals surface area contributed by atoms with Gasteiger partial charge in [-0.05, 0) is 49.6 Å². The molecule has 5 heteroatoms. The normalized spacial score (nSPS) is 32.0. The van der Waals surface area contributed by atoms with Gasteiger partial charge >= 0.3 is 5.97 Å². The molecule has 20 heavy (non-hydrogen) atoms. The van der Waals surface area contributed by atoms with Crippen LogP contribution in [0.15, 0.2) is 11.4 Å². The van der Waals surface area contributed by atoms with Crippen LogP contribution in [0.25, 0.3) is 0 Å². The highest BCUT2D eigenvalue weighted by molar-refractivity contribution is 7.10. The monoisotopic (exact) mass is 293 g/mol. The van der Waals surface area contributed by atoms with Gasteiger partial charge in [-0.3, -0.25) is 9.59 Å². The number of hydrogen-bond donors (Lipinski definition) is 2. The molecule has 2 N–H and O–H groups in total. The molecular weight excluding hydrogens is 274 g/mol. The minimum atomic E-state index is -0.736. The Balaban J connectivity index is 1.52. The van der Waals surface area contributed by atoms with Crippen LogP contribution in [0.1, 0.15) is 42.0 Å². The molecule has 2 saturated carbocycles. The number of carboxylic acid groups (broad SMARTS) is 1. The third-order valence-electron chi connectivity index (χ3n) is 4.49. The van der Waals surface area contributed by atoms with Crippen LogP contribution in [0.2, 0.25) is 0 Å². The Hall–Kier alpha value is -1.36. The van der Waals surface area contributed by atoms with Crippen molar-refractivity contribution in [3.63, 3.8) is 0 Å². The summed E-state index contributed by atoms with van der Waals surface area (Å²) in [4.78, 5) is 24.4. The second-order valence-electron chi connectivity index (χ2n) is 5.97. The van der Waals surface area contributed by atoms with Gasteiger partial charge in [-0.2, -0.15) is 0 Å². The minimum absolute atomic E-state index is 0.0503. The van der Waals surface area contributed by atoms with Crippen molar-refractivity contribution >= 4 is 23.2 Å². The zero-order valence-electron chi connectivity index (χ0n) is 11.5. The quantitative estimate of drug-likeness (QED) is 0.896. The van der Waals surface area contributed by atoms with E-state index in [1.165, 1.54) is 10.4 Å². The summed E-state index contributed by atoms with van der Waals surface area (Å²) >= 11 is 1.73. The maximum atomic E-state index is 12.2. The Morgan fingerprint density at radius 1 is 1.35 bits per heavy atom. The number of rotatable bonds is 4. The highest BCUT2D eigenvalue weighted by Crippen LogP contribution is 2.50. The molecule has 4 atom stereocenters. The molecule has 0 aromatic carbocycles. The molecule has 1 heterocycles. The standard InChI is InChI=1S/C15H19NO3S/c1-8-4-5-20-13(8)11-7-12(11)14(17)16-10-3-2-9(6-10)15(18)19/h4-5,9-12H,2-3,6-7H2,1H3,(H,16,17)(H,18,19)/t9-,10+,11?,12?/m1/s1. The predicted octanol–water partition coefficient (Wildman–Crippen LogP) is 2.53. The van der Waals surface area contributed by atoms with Crippen molar-refractivity contribution in [1.82, 2.24) is 5.32 Å². The first-order chi connectivity index (χ1) is 9.56. The van der Waals surface area contributed by atoms with Crippen LogP contribution in [-0.4, -0.2) is 23.0 Å². The number of carbonyl (C=O) groups is 2. The summed E-state index contributed by atoms with van der Waals surface area (Å²) in [5, 5.41) is 14.1. The molecule has 2 aliphatic rings. The summed E-state index contributed by atoms with van der Waals surface area (Å²) in [6, 6.07) is 2.15. The molecule has 2 fully saturated rings. The molecule has 0 radical (unpaired) electrons. The van der Waals surface area contributed by atoms with Crippen molar-refractivity contribution in [1.29, 1.82) is 0 Å². The molecule has 2 unspecified atom stereocenters. The number of amides is 1. The van der Waals surface area contributed by atoms with Crippen molar-refractivity contribution in [2.75, 3.05) is 0 Å². The van der Waals surface area contributed by atoms with Crippen LogP contribution < -0.4 is 5.32 Å². The fourth-order valence-corrected chi connectivity index (χ4v) is 4.29. The van der Waals surface area contributed by atoms with Crippen molar-refractivity contribution in [3.05, 3.63) is 21.9 Å². The summed E-state index contributed by atoms with van der Waals surface area (Å²) in [6.07, 6.45) is 2.98. The van der Waals surface area contributed by atoms with Gasteiger partial charge in [0.25, 0.3) is 0 Å². The largest absolute Gasteiger partial charge is 0.481 e. The van der Waals surface area contributed by atoms with Gasteiger partial charge in [0.05, 0.1) is 5.92 Å². The van der Waals surface area contributed by atoms with Gasteiger partial charge in [-0.1, -0.05) is 0 Å². The van der Waals surface area contributed by atoms with E-state index in [0.717, 1.165) is 12.8 Å². The van der Waals surface area contributed by atoms with Gasteiger partial charge in [-0.15, -0.1) is 11.3 Å². The maximum Gasteiger partial charge on any atom is 0.306 e. The third-order valence-corrected chi connectivity index (χ3v) is 5.64. The Bertz CT molecular complexity index is 539. The fraction of sp³-hybridized carbons (Fsp3) is 0.600. The molecule has 0 aliphatic heterocycles. The first-order valence-corrected chi connectivity index (χ1v) is 8.01. The van der Waals surface area contributed by atoms with E-state index in [0.29, 0.717) is 18.8 Å². The number of nitrogens with one attached hydrogen (secondary N) is 1. The Labute approximate surface area is 122 Å². The fourth-order valence-electron chi connectivity index (χ4n) is 3.18. The average Bonchev–Trinajstić information content (AvgIpc) is 2.84. The van der Waals surface area contributed by atoms with Gasteiger partial charge in [0, 0.05) is 22.8 Å². The molecule has 108 valence electrons. The zero-order valence-corrected chi connectivity index (χ0v) is 12.3. The van der Waals surface area contributed by atoms with Gasteiger partial charge in [0.15, 0.2) is 0 Å². The summed E-state index contributed by atoms with van der Waals surface area (Å²) < 4.78 is 0. The van der Waals surface area contributed by atoms with Gasteiger partial charge in [0.2, 0.25) is 5.91 Å². The lowest BCUT2D eigenvalue weighted by atomic mass is 10.1. The van der Waals surface area contributed by atoms with Crippen molar-refractivity contribution < 1.29 is 14.7 Å². The van der Waals surface area contributed by atoms with Gasteiger partial charge in [0.1, 0.15) is 0 Å². The highest BCUT2D eigenvalue weighted by Gasteiger charge is 2.46.